The average Bonchev–Trinajstić information content (AvgIpc) is 3.39. The third-order valence-electron chi connectivity index (χ3n) is 4.08. The molecule has 118 valence electrons. The molecular weight excluding hydrogens is 314 g/mol. The number of rotatable bonds is 2. The molecule has 6 heteroatoms. The van der Waals surface area contributed by atoms with Crippen LogP contribution in [0.15, 0.2) is 30.5 Å². The van der Waals surface area contributed by atoms with E-state index in [4.69, 9.17) is 16.3 Å². The number of hydrogen-bond acceptors (Lipinski definition) is 4. The molecule has 0 spiro atoms. The van der Waals surface area contributed by atoms with E-state index in [0.29, 0.717) is 34.6 Å². The van der Waals surface area contributed by atoms with Crippen LogP contribution >= 0.6 is 11.6 Å². The van der Waals surface area contributed by atoms with Crippen molar-refractivity contribution in [1.82, 2.24) is 9.97 Å². The Bertz CT molecular complexity index is 776. The van der Waals surface area contributed by atoms with Gasteiger partial charge in [-0.15, -0.1) is 0 Å². The van der Waals surface area contributed by atoms with Gasteiger partial charge in [-0.1, -0.05) is 17.7 Å². The third kappa shape index (κ3) is 2.65. The van der Waals surface area contributed by atoms with Crippen molar-refractivity contribution >= 4 is 23.2 Å². The molecule has 2 aliphatic rings. The highest BCUT2D eigenvalue weighted by Gasteiger charge is 2.32. The SMILES string of the molecule is C[C@@H]1CN(C(=O)c2ccnc(C3CC3)n2)c2cccc(Cl)c2O1. The summed E-state index contributed by atoms with van der Waals surface area (Å²) >= 11 is 6.21. The fourth-order valence-corrected chi connectivity index (χ4v) is 3.00. The van der Waals surface area contributed by atoms with Crippen molar-refractivity contribution in [3.8, 4) is 5.75 Å². The summed E-state index contributed by atoms with van der Waals surface area (Å²) in [6.07, 6.45) is 3.74. The van der Waals surface area contributed by atoms with Gasteiger partial charge in [0, 0.05) is 12.1 Å². The molecule has 1 aromatic carbocycles. The topological polar surface area (TPSA) is 55.3 Å². The molecule has 5 nitrogen and oxygen atoms in total. The highest BCUT2D eigenvalue weighted by Crippen LogP contribution is 2.40. The monoisotopic (exact) mass is 329 g/mol. The lowest BCUT2D eigenvalue weighted by Gasteiger charge is -2.33. The quantitative estimate of drug-likeness (QED) is 0.847. The van der Waals surface area contributed by atoms with Crippen molar-refractivity contribution in [1.29, 1.82) is 0 Å². The van der Waals surface area contributed by atoms with Gasteiger partial charge < -0.3 is 4.74 Å². The first-order valence-corrected chi connectivity index (χ1v) is 8.11. The molecule has 4 rings (SSSR count). The van der Waals surface area contributed by atoms with Crippen LogP contribution in [0.2, 0.25) is 5.02 Å². The van der Waals surface area contributed by atoms with Gasteiger partial charge in [0.15, 0.2) is 5.75 Å². The Balaban J connectivity index is 1.71. The van der Waals surface area contributed by atoms with Crippen molar-refractivity contribution in [2.45, 2.75) is 31.8 Å². The number of carbonyl (C=O) groups is 1. The summed E-state index contributed by atoms with van der Waals surface area (Å²) in [4.78, 5) is 23.4. The van der Waals surface area contributed by atoms with Crippen LogP contribution in [0.5, 0.6) is 5.75 Å². The number of nitrogens with zero attached hydrogens (tertiary/aromatic N) is 3. The van der Waals surface area contributed by atoms with Crippen molar-refractivity contribution < 1.29 is 9.53 Å². The standard InChI is InChI=1S/C17H16ClN3O2/c1-10-9-21(14-4-2-3-12(18)15(14)23-10)17(22)13-7-8-19-16(20-13)11-5-6-11/h2-4,7-8,10-11H,5-6,9H2,1H3/t10-/m1/s1. The number of fused-ring (bicyclic) bond motifs is 1. The summed E-state index contributed by atoms with van der Waals surface area (Å²) in [5.41, 5.74) is 1.11. The second kappa shape index (κ2) is 5.49. The first-order valence-electron chi connectivity index (χ1n) is 7.73. The number of anilines is 1. The Kier molecular flexibility index (Phi) is 3.45. The largest absolute Gasteiger partial charge is 0.485 e. The molecule has 0 saturated heterocycles. The van der Waals surface area contributed by atoms with Crippen LogP contribution in [0.3, 0.4) is 0 Å². The predicted molar refractivity (Wildman–Crippen MR) is 87.2 cm³/mol. The number of para-hydroxylation sites is 1. The molecule has 1 fully saturated rings. The Morgan fingerprint density at radius 3 is 2.96 bits per heavy atom. The van der Waals surface area contributed by atoms with Crippen LogP contribution in [0.25, 0.3) is 0 Å². The smallest absolute Gasteiger partial charge is 0.277 e. The van der Waals surface area contributed by atoms with E-state index < -0.39 is 0 Å². The average molecular weight is 330 g/mol. The molecule has 1 saturated carbocycles. The van der Waals surface area contributed by atoms with E-state index in [9.17, 15) is 4.79 Å². The van der Waals surface area contributed by atoms with Gasteiger partial charge in [-0.05, 0) is 38.0 Å². The van der Waals surface area contributed by atoms with E-state index in [1.54, 1.807) is 23.2 Å². The molecule has 0 N–H and O–H groups in total. The minimum absolute atomic E-state index is 0.129. The Hall–Kier alpha value is -2.14. The van der Waals surface area contributed by atoms with Crippen LogP contribution in [0.1, 0.15) is 42.0 Å². The highest BCUT2D eigenvalue weighted by atomic mass is 35.5. The number of amides is 1. The van der Waals surface area contributed by atoms with E-state index >= 15 is 0 Å². The summed E-state index contributed by atoms with van der Waals surface area (Å²) < 4.78 is 5.79. The lowest BCUT2D eigenvalue weighted by Crippen LogP contribution is -2.42. The lowest BCUT2D eigenvalue weighted by atomic mass is 10.1. The second-order valence-electron chi connectivity index (χ2n) is 6.01. The summed E-state index contributed by atoms with van der Waals surface area (Å²) in [6.45, 7) is 2.39. The molecule has 1 aliphatic heterocycles. The third-order valence-corrected chi connectivity index (χ3v) is 4.37. The van der Waals surface area contributed by atoms with Crippen molar-refractivity contribution in [3.05, 3.63) is 47.0 Å². The van der Waals surface area contributed by atoms with E-state index in [-0.39, 0.29) is 12.0 Å². The summed E-state index contributed by atoms with van der Waals surface area (Å²) in [5.74, 6) is 1.59. The summed E-state index contributed by atoms with van der Waals surface area (Å²) in [5, 5.41) is 0.508. The number of carbonyl (C=O) groups excluding carboxylic acids is 1. The second-order valence-corrected chi connectivity index (χ2v) is 6.41. The van der Waals surface area contributed by atoms with Crippen LogP contribution in [0, 0.1) is 0 Å². The summed E-state index contributed by atoms with van der Waals surface area (Å²) in [7, 11) is 0. The molecular formula is C17H16ClN3O2. The van der Waals surface area contributed by atoms with Gasteiger partial charge >= 0.3 is 0 Å². The van der Waals surface area contributed by atoms with Gasteiger partial charge in [-0.25, -0.2) is 9.97 Å². The minimum Gasteiger partial charge on any atom is -0.485 e. The highest BCUT2D eigenvalue weighted by molar-refractivity contribution is 6.32. The minimum atomic E-state index is -0.145. The van der Waals surface area contributed by atoms with Crippen molar-refractivity contribution in [2.24, 2.45) is 0 Å². The zero-order valence-corrected chi connectivity index (χ0v) is 13.5. The van der Waals surface area contributed by atoms with Gasteiger partial charge in [0.2, 0.25) is 0 Å². The van der Waals surface area contributed by atoms with Crippen LogP contribution < -0.4 is 9.64 Å². The molecule has 2 aromatic rings. The fraction of sp³-hybridized carbons (Fsp3) is 0.353. The predicted octanol–water partition coefficient (Wildman–Crippen LogP) is 3.44. The fourth-order valence-electron chi connectivity index (χ4n) is 2.78. The Morgan fingerprint density at radius 2 is 2.17 bits per heavy atom. The van der Waals surface area contributed by atoms with Crippen LogP contribution in [-0.4, -0.2) is 28.5 Å². The number of ether oxygens (including phenoxy) is 1. The maximum atomic E-state index is 13.0. The molecule has 1 aromatic heterocycles. The first-order chi connectivity index (χ1) is 11.1. The van der Waals surface area contributed by atoms with Crippen molar-refractivity contribution in [3.63, 3.8) is 0 Å². The molecule has 0 bridgehead atoms. The maximum absolute atomic E-state index is 13.0. The molecule has 1 atom stereocenters. The van der Waals surface area contributed by atoms with E-state index in [0.717, 1.165) is 18.7 Å². The van der Waals surface area contributed by atoms with Gasteiger partial charge in [0.25, 0.3) is 5.91 Å². The zero-order valence-electron chi connectivity index (χ0n) is 12.7. The molecule has 0 unspecified atom stereocenters. The maximum Gasteiger partial charge on any atom is 0.277 e. The Labute approximate surface area is 139 Å². The van der Waals surface area contributed by atoms with Gasteiger partial charge in [-0.2, -0.15) is 0 Å². The molecule has 2 heterocycles. The molecule has 23 heavy (non-hydrogen) atoms. The van der Waals surface area contributed by atoms with Gasteiger partial charge in [0.1, 0.15) is 17.6 Å². The first kappa shape index (κ1) is 14.5. The number of aromatic nitrogens is 2. The number of benzene rings is 1. The molecule has 1 amide bonds. The lowest BCUT2D eigenvalue weighted by molar-refractivity contribution is 0.0956. The Morgan fingerprint density at radius 1 is 1.35 bits per heavy atom. The van der Waals surface area contributed by atoms with E-state index in [1.165, 1.54) is 0 Å². The van der Waals surface area contributed by atoms with Gasteiger partial charge in [-0.3, -0.25) is 9.69 Å². The van der Waals surface area contributed by atoms with E-state index in [2.05, 4.69) is 9.97 Å². The molecule has 0 radical (unpaired) electrons. The van der Waals surface area contributed by atoms with Crippen LogP contribution in [0.4, 0.5) is 5.69 Å². The van der Waals surface area contributed by atoms with Crippen LogP contribution in [-0.2, 0) is 0 Å². The van der Waals surface area contributed by atoms with Gasteiger partial charge in [0.05, 0.1) is 17.3 Å². The zero-order chi connectivity index (χ0) is 16.0. The van der Waals surface area contributed by atoms with E-state index in [1.807, 2.05) is 19.1 Å². The number of halogens is 1. The number of hydrogen-bond donors (Lipinski definition) is 0. The normalized spacial score (nSPS) is 19.9. The van der Waals surface area contributed by atoms with Crippen molar-refractivity contribution in [2.75, 3.05) is 11.4 Å². The molecule has 1 aliphatic carbocycles. The summed E-state index contributed by atoms with van der Waals surface area (Å²) in [6, 6.07) is 7.08.